The first-order chi connectivity index (χ1) is 10.4. The molecule has 0 amide bonds. The molecule has 0 saturated carbocycles. The SMILES string of the molecule is Cc1cccn2c(=O)c(C=O)c(N[C@H]3CCS(=O)(=O)C3)nc12. The smallest absolute Gasteiger partial charge is 0.270 e. The normalized spacial score (nSPS) is 20.1. The molecule has 2 aromatic heterocycles. The van der Waals surface area contributed by atoms with E-state index in [4.69, 9.17) is 0 Å². The minimum atomic E-state index is -3.06. The lowest BCUT2D eigenvalue weighted by Crippen LogP contribution is -2.27. The molecule has 1 aliphatic heterocycles. The van der Waals surface area contributed by atoms with Gasteiger partial charge in [-0.1, -0.05) is 6.07 Å². The topological polar surface area (TPSA) is 97.6 Å². The maximum atomic E-state index is 12.4. The predicted molar refractivity (Wildman–Crippen MR) is 82.3 cm³/mol. The second-order valence-corrected chi connectivity index (χ2v) is 7.65. The number of pyridine rings is 1. The molecule has 3 rings (SSSR count). The Morgan fingerprint density at radius 3 is 2.86 bits per heavy atom. The van der Waals surface area contributed by atoms with Crippen LogP contribution in [0.25, 0.3) is 5.65 Å². The van der Waals surface area contributed by atoms with E-state index < -0.39 is 15.4 Å². The maximum absolute atomic E-state index is 12.4. The molecule has 2 aromatic rings. The summed E-state index contributed by atoms with van der Waals surface area (Å²) >= 11 is 0. The number of aldehydes is 1. The van der Waals surface area contributed by atoms with Crippen LogP contribution in [0.15, 0.2) is 23.1 Å². The number of rotatable bonds is 3. The summed E-state index contributed by atoms with van der Waals surface area (Å²) in [6.45, 7) is 1.81. The zero-order chi connectivity index (χ0) is 15.9. The van der Waals surface area contributed by atoms with Crippen molar-refractivity contribution in [3.05, 3.63) is 39.8 Å². The van der Waals surface area contributed by atoms with E-state index in [-0.39, 0.29) is 28.9 Å². The highest BCUT2D eigenvalue weighted by atomic mass is 32.2. The first-order valence-electron chi connectivity index (χ1n) is 6.85. The number of hydrogen-bond acceptors (Lipinski definition) is 6. The number of fused-ring (bicyclic) bond motifs is 1. The number of hydrogen-bond donors (Lipinski definition) is 1. The molecule has 0 bridgehead atoms. The highest BCUT2D eigenvalue weighted by Gasteiger charge is 2.29. The van der Waals surface area contributed by atoms with Crippen molar-refractivity contribution in [2.24, 2.45) is 0 Å². The Kier molecular flexibility index (Phi) is 3.48. The summed E-state index contributed by atoms with van der Waals surface area (Å²) in [5.74, 6) is 0.240. The van der Waals surface area contributed by atoms with E-state index in [2.05, 4.69) is 10.3 Å². The lowest BCUT2D eigenvalue weighted by atomic mass is 10.2. The molecule has 22 heavy (non-hydrogen) atoms. The van der Waals surface area contributed by atoms with Gasteiger partial charge >= 0.3 is 0 Å². The number of carbonyl (C=O) groups excluding carboxylic acids is 1. The van der Waals surface area contributed by atoms with Gasteiger partial charge in [-0.15, -0.1) is 0 Å². The summed E-state index contributed by atoms with van der Waals surface area (Å²) in [6.07, 6.45) is 2.44. The van der Waals surface area contributed by atoms with Crippen molar-refractivity contribution in [2.75, 3.05) is 16.8 Å². The molecule has 0 radical (unpaired) electrons. The molecule has 1 fully saturated rings. The van der Waals surface area contributed by atoms with Crippen molar-refractivity contribution >= 4 is 27.6 Å². The summed E-state index contributed by atoms with van der Waals surface area (Å²) in [4.78, 5) is 28.0. The van der Waals surface area contributed by atoms with Crippen molar-refractivity contribution in [3.63, 3.8) is 0 Å². The Hall–Kier alpha value is -2.22. The van der Waals surface area contributed by atoms with Crippen LogP contribution >= 0.6 is 0 Å². The van der Waals surface area contributed by atoms with Crippen molar-refractivity contribution in [1.82, 2.24) is 9.38 Å². The Morgan fingerprint density at radius 1 is 1.45 bits per heavy atom. The Labute approximate surface area is 126 Å². The van der Waals surface area contributed by atoms with Gasteiger partial charge in [0.25, 0.3) is 5.56 Å². The van der Waals surface area contributed by atoms with Gasteiger partial charge in [-0.05, 0) is 25.0 Å². The molecule has 0 aliphatic carbocycles. The molecule has 3 heterocycles. The van der Waals surface area contributed by atoms with Crippen LogP contribution in [0.5, 0.6) is 0 Å². The lowest BCUT2D eigenvalue weighted by molar-refractivity contribution is 0.112. The summed E-state index contributed by atoms with van der Waals surface area (Å²) in [7, 11) is -3.06. The number of sulfone groups is 1. The quantitative estimate of drug-likeness (QED) is 0.823. The molecular weight excluding hydrogens is 306 g/mol. The summed E-state index contributed by atoms with van der Waals surface area (Å²) in [5, 5.41) is 2.94. The van der Waals surface area contributed by atoms with Crippen LogP contribution < -0.4 is 10.9 Å². The van der Waals surface area contributed by atoms with Crippen molar-refractivity contribution in [1.29, 1.82) is 0 Å². The molecular formula is C14H15N3O4S. The third-order valence-electron chi connectivity index (χ3n) is 3.78. The number of nitrogens with one attached hydrogen (secondary N) is 1. The van der Waals surface area contributed by atoms with Crippen LogP contribution in [-0.4, -0.2) is 41.6 Å². The number of aryl methyl sites for hydroxylation is 1. The van der Waals surface area contributed by atoms with Crippen molar-refractivity contribution in [2.45, 2.75) is 19.4 Å². The zero-order valence-electron chi connectivity index (χ0n) is 11.9. The van der Waals surface area contributed by atoms with Gasteiger partial charge in [0.05, 0.1) is 11.5 Å². The van der Waals surface area contributed by atoms with Gasteiger partial charge in [-0.25, -0.2) is 13.4 Å². The van der Waals surface area contributed by atoms with Crippen molar-refractivity contribution < 1.29 is 13.2 Å². The number of nitrogens with zero attached hydrogens (tertiary/aromatic N) is 2. The Balaban J connectivity index is 2.11. The fraction of sp³-hybridized carbons (Fsp3) is 0.357. The molecule has 116 valence electrons. The fourth-order valence-corrected chi connectivity index (χ4v) is 4.30. The van der Waals surface area contributed by atoms with E-state index in [0.29, 0.717) is 18.4 Å². The first-order valence-corrected chi connectivity index (χ1v) is 8.67. The monoisotopic (exact) mass is 321 g/mol. The van der Waals surface area contributed by atoms with E-state index >= 15 is 0 Å². The highest BCUT2D eigenvalue weighted by molar-refractivity contribution is 7.91. The molecule has 1 atom stereocenters. The van der Waals surface area contributed by atoms with Crippen LogP contribution in [-0.2, 0) is 9.84 Å². The molecule has 0 spiro atoms. The molecule has 1 aliphatic rings. The standard InChI is InChI=1S/C14H15N3O4S/c1-9-3-2-5-17-13(9)16-12(11(7-18)14(17)19)15-10-4-6-22(20,21)8-10/h2-3,5,7,10,15H,4,6,8H2,1H3/t10-/m0/s1. The van der Waals surface area contributed by atoms with Gasteiger partial charge in [0, 0.05) is 12.2 Å². The third-order valence-corrected chi connectivity index (χ3v) is 5.54. The van der Waals surface area contributed by atoms with Crippen LogP contribution in [0.2, 0.25) is 0 Å². The molecule has 0 unspecified atom stereocenters. The zero-order valence-corrected chi connectivity index (χ0v) is 12.8. The molecule has 8 heteroatoms. The second-order valence-electron chi connectivity index (χ2n) is 5.43. The molecule has 1 saturated heterocycles. The largest absolute Gasteiger partial charge is 0.365 e. The Bertz CT molecular complexity index is 918. The van der Waals surface area contributed by atoms with E-state index in [1.54, 1.807) is 12.3 Å². The third kappa shape index (κ3) is 2.50. The van der Waals surface area contributed by atoms with E-state index in [1.807, 2.05) is 13.0 Å². The van der Waals surface area contributed by atoms with Crippen LogP contribution in [0.1, 0.15) is 22.3 Å². The fourth-order valence-electron chi connectivity index (χ4n) is 2.63. The Morgan fingerprint density at radius 2 is 2.23 bits per heavy atom. The number of carbonyl (C=O) groups is 1. The summed E-state index contributed by atoms with van der Waals surface area (Å²) < 4.78 is 24.4. The summed E-state index contributed by atoms with van der Waals surface area (Å²) in [5.41, 5.74) is 0.681. The highest BCUT2D eigenvalue weighted by Crippen LogP contribution is 2.18. The van der Waals surface area contributed by atoms with Gasteiger partial charge in [0.15, 0.2) is 16.1 Å². The lowest BCUT2D eigenvalue weighted by Gasteiger charge is -2.14. The average molecular weight is 321 g/mol. The number of aromatic nitrogens is 2. The average Bonchev–Trinajstić information content (AvgIpc) is 2.80. The minimum Gasteiger partial charge on any atom is -0.365 e. The van der Waals surface area contributed by atoms with Gasteiger partial charge in [0.1, 0.15) is 17.0 Å². The van der Waals surface area contributed by atoms with Crippen LogP contribution in [0.4, 0.5) is 5.82 Å². The van der Waals surface area contributed by atoms with Crippen LogP contribution in [0.3, 0.4) is 0 Å². The molecule has 7 nitrogen and oxygen atoms in total. The molecule has 0 aromatic carbocycles. The second kappa shape index (κ2) is 5.20. The summed E-state index contributed by atoms with van der Waals surface area (Å²) in [6, 6.07) is 3.19. The van der Waals surface area contributed by atoms with E-state index in [1.165, 1.54) is 4.40 Å². The number of anilines is 1. The van der Waals surface area contributed by atoms with E-state index in [9.17, 15) is 18.0 Å². The maximum Gasteiger partial charge on any atom is 0.270 e. The van der Waals surface area contributed by atoms with Crippen LogP contribution in [0, 0.1) is 6.92 Å². The first kappa shape index (κ1) is 14.7. The van der Waals surface area contributed by atoms with E-state index in [0.717, 1.165) is 5.56 Å². The van der Waals surface area contributed by atoms with Gasteiger partial charge in [-0.3, -0.25) is 14.0 Å². The predicted octanol–water partition coefficient (Wildman–Crippen LogP) is 0.414. The van der Waals surface area contributed by atoms with Gasteiger partial charge in [0.2, 0.25) is 0 Å². The van der Waals surface area contributed by atoms with Crippen molar-refractivity contribution in [3.8, 4) is 0 Å². The van der Waals surface area contributed by atoms with Gasteiger partial charge in [-0.2, -0.15) is 0 Å². The van der Waals surface area contributed by atoms with Gasteiger partial charge < -0.3 is 5.32 Å². The molecule has 1 N–H and O–H groups in total. The minimum absolute atomic E-state index is 0.0138.